The van der Waals surface area contributed by atoms with Crippen LogP contribution in [0.2, 0.25) is 0 Å². The molecule has 0 atom stereocenters. The largest absolute Gasteiger partial charge is 0.507 e. The maximum absolute atomic E-state index is 12.3. The molecule has 1 amide bonds. The number of ether oxygens (including phenoxy) is 1. The number of nitrogens with zero attached hydrogens (tertiary/aromatic N) is 1. The third kappa shape index (κ3) is 7.70. The number of hydrogen-bond acceptors (Lipinski definition) is 5. The Balaban J connectivity index is 2.06. The van der Waals surface area contributed by atoms with E-state index in [1.54, 1.807) is 18.2 Å². The summed E-state index contributed by atoms with van der Waals surface area (Å²) in [7, 11) is 0. The highest BCUT2D eigenvalue weighted by atomic mass is 79.9. The van der Waals surface area contributed by atoms with Gasteiger partial charge in [0.05, 0.1) is 10.7 Å². The normalized spacial score (nSPS) is 12.1. The average molecular weight is 517 g/mol. The Morgan fingerprint density at radius 3 is 2.12 bits per heavy atom. The zero-order chi connectivity index (χ0) is 25.0. The molecule has 2 N–H and O–H groups in total. The summed E-state index contributed by atoms with van der Waals surface area (Å²) in [6.07, 6.45) is 2.33. The number of esters is 1. The molecular formula is C26H33BrN2O4. The van der Waals surface area contributed by atoms with Gasteiger partial charge >= 0.3 is 5.97 Å². The highest BCUT2D eigenvalue weighted by Gasteiger charge is 2.26. The predicted octanol–water partition coefficient (Wildman–Crippen LogP) is 5.76. The number of hydrazone groups is 1. The molecule has 0 aliphatic heterocycles. The van der Waals surface area contributed by atoms with Crippen LogP contribution in [-0.2, 0) is 26.8 Å². The third-order valence-corrected chi connectivity index (χ3v) is 5.66. The van der Waals surface area contributed by atoms with E-state index in [-0.39, 0.29) is 23.2 Å². The second-order valence-corrected chi connectivity index (χ2v) is 11.0. The number of phenols is 1. The average Bonchev–Trinajstić information content (AvgIpc) is 2.67. The number of rotatable bonds is 6. The smallest absolute Gasteiger partial charge is 0.308 e. The molecule has 2 aromatic carbocycles. The summed E-state index contributed by atoms with van der Waals surface area (Å²) in [5.41, 5.74) is 5.62. The van der Waals surface area contributed by atoms with Crippen molar-refractivity contribution in [2.45, 2.75) is 72.1 Å². The van der Waals surface area contributed by atoms with Crippen molar-refractivity contribution in [3.63, 3.8) is 0 Å². The van der Waals surface area contributed by atoms with Crippen molar-refractivity contribution in [1.82, 2.24) is 5.43 Å². The lowest BCUT2D eigenvalue weighted by Crippen LogP contribution is -2.20. The minimum absolute atomic E-state index is 0.204. The fourth-order valence-corrected chi connectivity index (χ4v) is 3.79. The quantitative estimate of drug-likeness (QED) is 0.221. The molecule has 6 nitrogen and oxygen atoms in total. The summed E-state index contributed by atoms with van der Waals surface area (Å²) in [5, 5.41) is 14.9. The number of phenolic OH excluding ortho intramolecular Hbond substituents is 1. The van der Waals surface area contributed by atoms with Gasteiger partial charge < -0.3 is 9.84 Å². The van der Waals surface area contributed by atoms with Crippen molar-refractivity contribution >= 4 is 34.0 Å². The summed E-state index contributed by atoms with van der Waals surface area (Å²) in [6, 6.07) is 9.11. The van der Waals surface area contributed by atoms with Crippen LogP contribution in [0.5, 0.6) is 11.5 Å². The van der Waals surface area contributed by atoms with Gasteiger partial charge in [-0.2, -0.15) is 5.10 Å². The molecule has 0 spiro atoms. The van der Waals surface area contributed by atoms with Crippen LogP contribution < -0.4 is 10.2 Å². The SMILES string of the molecule is CC(=O)Oc1ccc(/C=N\NC(=O)CCc2cc(C(C)(C)C)c(O)c(C(C)(C)C)c2)cc1Br. The maximum atomic E-state index is 12.3. The van der Waals surface area contributed by atoms with Crippen molar-refractivity contribution in [3.05, 3.63) is 57.1 Å². The maximum Gasteiger partial charge on any atom is 0.308 e. The molecule has 0 fully saturated rings. The van der Waals surface area contributed by atoms with Crippen LogP contribution in [0.1, 0.15) is 77.1 Å². The van der Waals surface area contributed by atoms with Gasteiger partial charge in [0.1, 0.15) is 11.5 Å². The molecule has 0 heterocycles. The van der Waals surface area contributed by atoms with Crippen molar-refractivity contribution in [2.24, 2.45) is 5.10 Å². The van der Waals surface area contributed by atoms with Crippen LogP contribution in [0.4, 0.5) is 0 Å². The Labute approximate surface area is 204 Å². The molecule has 0 radical (unpaired) electrons. The van der Waals surface area contributed by atoms with Crippen molar-refractivity contribution < 1.29 is 19.4 Å². The summed E-state index contributed by atoms with van der Waals surface area (Å²) in [5.74, 6) is 0.146. The van der Waals surface area contributed by atoms with E-state index in [0.29, 0.717) is 22.4 Å². The second-order valence-electron chi connectivity index (χ2n) is 10.1. The van der Waals surface area contributed by atoms with Gasteiger partial charge in [-0.3, -0.25) is 9.59 Å². The third-order valence-electron chi connectivity index (χ3n) is 5.04. The van der Waals surface area contributed by atoms with Crippen LogP contribution in [0, 0.1) is 0 Å². The van der Waals surface area contributed by atoms with Crippen LogP contribution in [0.3, 0.4) is 0 Å². The van der Waals surface area contributed by atoms with E-state index in [1.165, 1.54) is 13.1 Å². The molecule has 0 aliphatic rings. The summed E-state index contributed by atoms with van der Waals surface area (Å²) >= 11 is 3.35. The monoisotopic (exact) mass is 516 g/mol. The van der Waals surface area contributed by atoms with Gasteiger partial charge in [-0.05, 0) is 73.6 Å². The molecule has 7 heteroatoms. The second kappa shape index (κ2) is 10.5. The lowest BCUT2D eigenvalue weighted by atomic mass is 9.78. The van der Waals surface area contributed by atoms with Gasteiger partial charge in [-0.1, -0.05) is 53.7 Å². The molecule has 0 unspecified atom stereocenters. The predicted molar refractivity (Wildman–Crippen MR) is 135 cm³/mol. The van der Waals surface area contributed by atoms with Gasteiger partial charge in [-0.25, -0.2) is 5.43 Å². The molecule has 2 aromatic rings. The molecular weight excluding hydrogens is 484 g/mol. The van der Waals surface area contributed by atoms with Gasteiger partial charge in [0.25, 0.3) is 0 Å². The zero-order valence-corrected chi connectivity index (χ0v) is 22.0. The lowest BCUT2D eigenvalue weighted by molar-refractivity contribution is -0.132. The highest BCUT2D eigenvalue weighted by Crippen LogP contribution is 2.40. The molecule has 0 aliphatic carbocycles. The number of nitrogens with one attached hydrogen (secondary N) is 1. The number of aromatic hydroxyl groups is 1. The summed E-state index contributed by atoms with van der Waals surface area (Å²) in [4.78, 5) is 23.4. The van der Waals surface area contributed by atoms with E-state index in [9.17, 15) is 14.7 Å². The van der Waals surface area contributed by atoms with E-state index >= 15 is 0 Å². The molecule has 2 rings (SSSR count). The minimum Gasteiger partial charge on any atom is -0.507 e. The van der Waals surface area contributed by atoms with Gasteiger partial charge in [0.2, 0.25) is 5.91 Å². The zero-order valence-electron chi connectivity index (χ0n) is 20.4. The summed E-state index contributed by atoms with van der Waals surface area (Å²) < 4.78 is 5.68. The fourth-order valence-electron chi connectivity index (χ4n) is 3.31. The van der Waals surface area contributed by atoms with Gasteiger partial charge in [0.15, 0.2) is 0 Å². The minimum atomic E-state index is -0.401. The lowest BCUT2D eigenvalue weighted by Gasteiger charge is -2.28. The first-order valence-electron chi connectivity index (χ1n) is 10.8. The number of benzene rings is 2. The van der Waals surface area contributed by atoms with Gasteiger partial charge in [0, 0.05) is 13.3 Å². The number of carbonyl (C=O) groups excluding carboxylic acids is 2. The van der Waals surface area contributed by atoms with E-state index in [4.69, 9.17) is 4.74 Å². The number of amides is 1. The number of hydrogen-bond donors (Lipinski definition) is 2. The number of halogens is 1. The van der Waals surface area contributed by atoms with Crippen LogP contribution in [0.15, 0.2) is 39.9 Å². The van der Waals surface area contributed by atoms with E-state index in [0.717, 1.165) is 22.3 Å². The van der Waals surface area contributed by atoms with E-state index in [1.807, 2.05) is 12.1 Å². The summed E-state index contributed by atoms with van der Waals surface area (Å²) in [6.45, 7) is 13.7. The van der Waals surface area contributed by atoms with Crippen molar-refractivity contribution in [3.8, 4) is 11.5 Å². The van der Waals surface area contributed by atoms with Gasteiger partial charge in [-0.15, -0.1) is 0 Å². The molecule has 0 bridgehead atoms. The molecule has 0 saturated carbocycles. The molecule has 33 heavy (non-hydrogen) atoms. The standard InChI is InChI=1S/C26H33BrN2O4/c1-16(30)33-22-10-8-18(14-21(22)27)15-28-29-23(31)11-9-17-12-19(25(2,3)4)24(32)20(13-17)26(5,6)7/h8,10,12-15,32H,9,11H2,1-7H3,(H,29,31)/b28-15-. The Morgan fingerprint density at radius 1 is 1.06 bits per heavy atom. The van der Waals surface area contributed by atoms with E-state index in [2.05, 4.69) is 68.0 Å². The first-order valence-corrected chi connectivity index (χ1v) is 11.6. The van der Waals surface area contributed by atoms with Crippen molar-refractivity contribution in [2.75, 3.05) is 0 Å². The number of carbonyl (C=O) groups is 2. The van der Waals surface area contributed by atoms with Crippen LogP contribution in [-0.4, -0.2) is 23.2 Å². The Kier molecular flexibility index (Phi) is 8.46. The van der Waals surface area contributed by atoms with Crippen molar-refractivity contribution in [1.29, 1.82) is 0 Å². The molecule has 178 valence electrons. The molecule has 0 saturated heterocycles. The first-order chi connectivity index (χ1) is 15.2. The fraction of sp³-hybridized carbons (Fsp3) is 0.423. The topological polar surface area (TPSA) is 88.0 Å². The molecule has 0 aromatic heterocycles. The Hall–Kier alpha value is -2.67. The number of aryl methyl sites for hydroxylation is 1. The van der Waals surface area contributed by atoms with Crippen LogP contribution in [0.25, 0.3) is 0 Å². The van der Waals surface area contributed by atoms with E-state index < -0.39 is 5.97 Å². The van der Waals surface area contributed by atoms with Crippen LogP contribution >= 0.6 is 15.9 Å². The highest BCUT2D eigenvalue weighted by molar-refractivity contribution is 9.10. The first kappa shape index (κ1) is 26.6. The Morgan fingerprint density at radius 2 is 1.64 bits per heavy atom. The Bertz CT molecular complexity index is 1030.